The van der Waals surface area contributed by atoms with E-state index in [1.165, 1.54) is 5.56 Å². The Labute approximate surface area is 101 Å². The van der Waals surface area contributed by atoms with Gasteiger partial charge in [0.25, 0.3) is 0 Å². The minimum Gasteiger partial charge on any atom is -0.380 e. The lowest BCUT2D eigenvalue weighted by atomic mass is 10.1. The van der Waals surface area contributed by atoms with Gasteiger partial charge in [0, 0.05) is 12.1 Å². The van der Waals surface area contributed by atoms with Crippen molar-refractivity contribution >= 4 is 11.9 Å². The predicted molar refractivity (Wildman–Crippen MR) is 66.7 cm³/mol. The molecule has 0 aliphatic carbocycles. The van der Waals surface area contributed by atoms with Crippen molar-refractivity contribution in [2.24, 2.45) is 10.9 Å². The summed E-state index contributed by atoms with van der Waals surface area (Å²) >= 11 is 0. The van der Waals surface area contributed by atoms with Crippen molar-refractivity contribution in [3.63, 3.8) is 0 Å². The molecule has 5 heteroatoms. The van der Waals surface area contributed by atoms with Crippen LogP contribution in [0, 0.1) is 0 Å². The van der Waals surface area contributed by atoms with Gasteiger partial charge in [-0.3, -0.25) is 4.84 Å². The van der Waals surface area contributed by atoms with Crippen LogP contribution in [0.25, 0.3) is 0 Å². The summed E-state index contributed by atoms with van der Waals surface area (Å²) in [5.41, 5.74) is 7.62. The molecule has 0 atom stereocenters. The quantitative estimate of drug-likeness (QED) is 0.360. The average molecular weight is 235 g/mol. The Bertz CT molecular complexity index is 399. The molecule has 17 heavy (non-hydrogen) atoms. The van der Waals surface area contributed by atoms with Gasteiger partial charge in [-0.25, -0.2) is 4.79 Å². The van der Waals surface area contributed by atoms with Crippen LogP contribution in [0.15, 0.2) is 29.4 Å². The number of carbonyl (C=O) groups excluding carboxylic acids is 1. The van der Waals surface area contributed by atoms with Crippen LogP contribution in [0.5, 0.6) is 0 Å². The van der Waals surface area contributed by atoms with Crippen molar-refractivity contribution in [1.82, 2.24) is 5.32 Å². The highest BCUT2D eigenvalue weighted by Gasteiger charge is 2.02. The Balaban J connectivity index is 2.64. The maximum Gasteiger partial charge on any atom is 0.433 e. The molecule has 1 amide bonds. The normalized spacial score (nSPS) is 11.1. The SMILES string of the molecule is CCNC(=O)O/N=C(\N)c1ccc(CC)cc1. The third-order valence-corrected chi connectivity index (χ3v) is 2.21. The van der Waals surface area contributed by atoms with E-state index < -0.39 is 6.09 Å². The third kappa shape index (κ3) is 4.14. The minimum absolute atomic E-state index is 0.180. The van der Waals surface area contributed by atoms with E-state index >= 15 is 0 Å². The number of benzene rings is 1. The van der Waals surface area contributed by atoms with Crippen molar-refractivity contribution in [3.8, 4) is 0 Å². The number of amidine groups is 1. The van der Waals surface area contributed by atoms with Gasteiger partial charge in [-0.2, -0.15) is 0 Å². The summed E-state index contributed by atoms with van der Waals surface area (Å²) in [5, 5.41) is 6.00. The van der Waals surface area contributed by atoms with Crippen LogP contribution in [-0.2, 0) is 11.3 Å². The molecule has 0 saturated carbocycles. The smallest absolute Gasteiger partial charge is 0.380 e. The number of carbonyl (C=O) groups is 1. The van der Waals surface area contributed by atoms with Crippen LogP contribution in [0.4, 0.5) is 4.79 Å². The fraction of sp³-hybridized carbons (Fsp3) is 0.333. The zero-order chi connectivity index (χ0) is 12.7. The van der Waals surface area contributed by atoms with Crippen molar-refractivity contribution < 1.29 is 9.63 Å². The number of hydrogen-bond acceptors (Lipinski definition) is 3. The maximum atomic E-state index is 11.0. The van der Waals surface area contributed by atoms with Crippen molar-refractivity contribution in [3.05, 3.63) is 35.4 Å². The van der Waals surface area contributed by atoms with Crippen molar-refractivity contribution in [2.75, 3.05) is 6.54 Å². The van der Waals surface area contributed by atoms with Crippen LogP contribution < -0.4 is 11.1 Å². The second-order valence-corrected chi connectivity index (χ2v) is 3.44. The molecule has 0 aliphatic heterocycles. The number of nitrogens with zero attached hydrogens (tertiary/aromatic N) is 1. The summed E-state index contributed by atoms with van der Waals surface area (Å²) in [6.07, 6.45) is 0.354. The summed E-state index contributed by atoms with van der Waals surface area (Å²) in [6, 6.07) is 7.62. The van der Waals surface area contributed by atoms with Crippen molar-refractivity contribution in [2.45, 2.75) is 20.3 Å². The third-order valence-electron chi connectivity index (χ3n) is 2.21. The first-order valence-corrected chi connectivity index (χ1v) is 5.55. The average Bonchev–Trinajstić information content (AvgIpc) is 2.36. The van der Waals surface area contributed by atoms with E-state index in [0.717, 1.165) is 12.0 Å². The largest absolute Gasteiger partial charge is 0.433 e. The number of nitrogens with one attached hydrogen (secondary N) is 1. The number of rotatable bonds is 4. The first-order valence-electron chi connectivity index (χ1n) is 5.55. The Morgan fingerprint density at radius 3 is 2.53 bits per heavy atom. The molecule has 0 aromatic heterocycles. The molecule has 0 bridgehead atoms. The van der Waals surface area contributed by atoms with Gasteiger partial charge in [-0.1, -0.05) is 36.3 Å². The molecule has 0 unspecified atom stereocenters. The zero-order valence-electron chi connectivity index (χ0n) is 10.1. The number of aryl methyl sites for hydroxylation is 1. The summed E-state index contributed by atoms with van der Waals surface area (Å²) in [6.45, 7) is 4.35. The fourth-order valence-corrected chi connectivity index (χ4v) is 1.23. The minimum atomic E-state index is -0.611. The van der Waals surface area contributed by atoms with Crippen LogP contribution >= 0.6 is 0 Å². The van der Waals surface area contributed by atoms with E-state index in [9.17, 15) is 4.79 Å². The van der Waals surface area contributed by atoms with Crippen molar-refractivity contribution in [1.29, 1.82) is 0 Å². The monoisotopic (exact) mass is 235 g/mol. The van der Waals surface area contributed by atoms with Gasteiger partial charge in [0.15, 0.2) is 5.84 Å². The lowest BCUT2D eigenvalue weighted by Crippen LogP contribution is -2.23. The van der Waals surface area contributed by atoms with Gasteiger partial charge >= 0.3 is 6.09 Å². The second-order valence-electron chi connectivity index (χ2n) is 3.44. The Morgan fingerprint density at radius 1 is 1.35 bits per heavy atom. The van der Waals surface area contributed by atoms with E-state index in [4.69, 9.17) is 5.73 Å². The van der Waals surface area contributed by atoms with Gasteiger partial charge in [-0.05, 0) is 18.9 Å². The van der Waals surface area contributed by atoms with Gasteiger partial charge < -0.3 is 11.1 Å². The topological polar surface area (TPSA) is 76.7 Å². The van der Waals surface area contributed by atoms with E-state index in [-0.39, 0.29) is 5.84 Å². The molecule has 0 radical (unpaired) electrons. The molecule has 92 valence electrons. The van der Waals surface area contributed by atoms with Crippen LogP contribution in [-0.4, -0.2) is 18.5 Å². The second kappa shape index (κ2) is 6.52. The summed E-state index contributed by atoms with van der Waals surface area (Å²) < 4.78 is 0. The Morgan fingerprint density at radius 2 is 2.00 bits per heavy atom. The lowest BCUT2D eigenvalue weighted by molar-refractivity contribution is 0.151. The van der Waals surface area contributed by atoms with E-state index in [1.54, 1.807) is 6.92 Å². The van der Waals surface area contributed by atoms with E-state index in [2.05, 4.69) is 22.2 Å². The molecule has 1 aromatic rings. The summed E-state index contributed by atoms with van der Waals surface area (Å²) in [5.74, 6) is 0.180. The first-order chi connectivity index (χ1) is 8.17. The molecule has 3 N–H and O–H groups in total. The number of amides is 1. The molecular formula is C12H17N3O2. The number of nitrogens with two attached hydrogens (primary N) is 1. The number of hydrogen-bond donors (Lipinski definition) is 2. The zero-order valence-corrected chi connectivity index (χ0v) is 10.1. The molecule has 0 fully saturated rings. The highest BCUT2D eigenvalue weighted by molar-refractivity contribution is 5.97. The molecular weight excluding hydrogens is 218 g/mol. The molecule has 5 nitrogen and oxygen atoms in total. The predicted octanol–water partition coefficient (Wildman–Crippen LogP) is 1.62. The van der Waals surface area contributed by atoms with Gasteiger partial charge in [0.1, 0.15) is 0 Å². The van der Waals surface area contributed by atoms with Crippen LogP contribution in [0.3, 0.4) is 0 Å². The molecule has 1 aromatic carbocycles. The van der Waals surface area contributed by atoms with Gasteiger partial charge in [-0.15, -0.1) is 0 Å². The Hall–Kier alpha value is -2.04. The first kappa shape index (κ1) is 13.0. The van der Waals surface area contributed by atoms with Gasteiger partial charge in [0.2, 0.25) is 0 Å². The van der Waals surface area contributed by atoms with Gasteiger partial charge in [0.05, 0.1) is 0 Å². The maximum absolute atomic E-state index is 11.0. The lowest BCUT2D eigenvalue weighted by Gasteiger charge is -2.02. The standard InChI is InChI=1S/C12H17N3O2/c1-3-9-5-7-10(8-6-9)11(13)15-17-12(16)14-4-2/h5-8H,3-4H2,1-2H3,(H2,13,15)(H,14,16). The molecule has 0 saturated heterocycles. The van der Waals surface area contributed by atoms with Crippen LogP contribution in [0.1, 0.15) is 25.0 Å². The molecule has 1 rings (SSSR count). The summed E-state index contributed by atoms with van der Waals surface area (Å²) in [7, 11) is 0. The molecule has 0 heterocycles. The Kier molecular flexibility index (Phi) is 5.00. The summed E-state index contributed by atoms with van der Waals surface area (Å²) in [4.78, 5) is 15.6. The highest BCUT2D eigenvalue weighted by atomic mass is 16.7. The van der Waals surface area contributed by atoms with E-state index in [1.807, 2.05) is 24.3 Å². The van der Waals surface area contributed by atoms with Crippen LogP contribution in [0.2, 0.25) is 0 Å². The number of oxime groups is 1. The fourth-order valence-electron chi connectivity index (χ4n) is 1.23. The molecule has 0 aliphatic rings. The molecule has 0 spiro atoms. The van der Waals surface area contributed by atoms with E-state index in [0.29, 0.717) is 6.54 Å². The highest BCUT2D eigenvalue weighted by Crippen LogP contribution is 2.04.